The predicted octanol–water partition coefficient (Wildman–Crippen LogP) is 3.12. The van der Waals surface area contributed by atoms with E-state index in [9.17, 15) is 9.90 Å². The van der Waals surface area contributed by atoms with Gasteiger partial charge in [-0.25, -0.2) is 0 Å². The van der Waals surface area contributed by atoms with Crippen molar-refractivity contribution in [2.75, 3.05) is 13.1 Å². The van der Waals surface area contributed by atoms with E-state index in [-0.39, 0.29) is 0 Å². The number of hydrogen-bond acceptors (Lipinski definition) is 2. The molecule has 0 spiro atoms. The molecule has 114 valence electrons. The topological polar surface area (TPSA) is 40.5 Å². The Morgan fingerprint density at radius 3 is 2.86 bits per heavy atom. The molecule has 3 nitrogen and oxygen atoms in total. The monoisotopic (exact) mass is 287 g/mol. The van der Waals surface area contributed by atoms with Crippen molar-refractivity contribution in [1.29, 1.82) is 0 Å². The average molecular weight is 287 g/mol. The van der Waals surface area contributed by atoms with Gasteiger partial charge in [-0.2, -0.15) is 0 Å². The van der Waals surface area contributed by atoms with Crippen molar-refractivity contribution in [3.63, 3.8) is 0 Å². The standard InChI is InChI=1S/C18H25NO2/c1-2-9-18(17(20)21)10-11-19(13-18)16-8-7-14-5-3-4-6-15(14)12-16/h3-6,16H,2,7-13H2,1H3,(H,20,21). The molecule has 0 saturated carbocycles. The molecule has 2 atom stereocenters. The third-order valence-electron chi connectivity index (χ3n) is 5.40. The van der Waals surface area contributed by atoms with Gasteiger partial charge in [-0.3, -0.25) is 9.69 Å². The van der Waals surface area contributed by atoms with Gasteiger partial charge in [-0.1, -0.05) is 37.6 Å². The van der Waals surface area contributed by atoms with E-state index in [1.54, 1.807) is 0 Å². The number of carbonyl (C=O) groups is 1. The Bertz CT molecular complexity index is 528. The maximum absolute atomic E-state index is 11.7. The molecule has 1 saturated heterocycles. The van der Waals surface area contributed by atoms with Crippen LogP contribution in [0.4, 0.5) is 0 Å². The van der Waals surface area contributed by atoms with Crippen LogP contribution in [0, 0.1) is 5.41 Å². The number of benzene rings is 1. The zero-order chi connectivity index (χ0) is 14.9. The van der Waals surface area contributed by atoms with Crippen LogP contribution in [-0.4, -0.2) is 35.1 Å². The lowest BCUT2D eigenvalue weighted by molar-refractivity contribution is -0.148. The van der Waals surface area contributed by atoms with Gasteiger partial charge in [-0.15, -0.1) is 0 Å². The molecule has 1 aliphatic carbocycles. The highest BCUT2D eigenvalue weighted by Gasteiger charge is 2.45. The molecule has 21 heavy (non-hydrogen) atoms. The zero-order valence-electron chi connectivity index (χ0n) is 12.8. The Morgan fingerprint density at radius 1 is 1.38 bits per heavy atom. The second-order valence-electron chi connectivity index (χ2n) is 6.72. The quantitative estimate of drug-likeness (QED) is 0.925. The maximum Gasteiger partial charge on any atom is 0.310 e. The molecule has 1 aliphatic heterocycles. The van der Waals surface area contributed by atoms with Gasteiger partial charge in [0.2, 0.25) is 0 Å². The SMILES string of the molecule is CCCC1(C(=O)O)CCN(C2CCc3ccccc3C2)C1. The normalized spacial score (nSPS) is 29.3. The van der Waals surface area contributed by atoms with Gasteiger partial charge in [0.25, 0.3) is 0 Å². The summed E-state index contributed by atoms with van der Waals surface area (Å²) in [7, 11) is 0. The molecule has 1 aromatic rings. The van der Waals surface area contributed by atoms with Gasteiger partial charge in [-0.05, 0) is 49.8 Å². The number of hydrogen-bond donors (Lipinski definition) is 1. The summed E-state index contributed by atoms with van der Waals surface area (Å²) in [6.07, 6.45) is 5.95. The van der Waals surface area contributed by atoms with Gasteiger partial charge in [0.05, 0.1) is 5.41 Å². The second kappa shape index (κ2) is 5.80. The largest absolute Gasteiger partial charge is 0.481 e. The average Bonchev–Trinajstić information content (AvgIpc) is 2.93. The summed E-state index contributed by atoms with van der Waals surface area (Å²) in [5.41, 5.74) is 2.44. The van der Waals surface area contributed by atoms with Crippen LogP contribution in [0.25, 0.3) is 0 Å². The summed E-state index contributed by atoms with van der Waals surface area (Å²) in [5.74, 6) is -0.594. The van der Waals surface area contributed by atoms with Crippen molar-refractivity contribution in [2.24, 2.45) is 5.41 Å². The van der Waals surface area contributed by atoms with E-state index >= 15 is 0 Å². The fourth-order valence-electron chi connectivity index (χ4n) is 4.17. The third kappa shape index (κ3) is 2.71. The lowest BCUT2D eigenvalue weighted by atomic mass is 9.82. The first-order valence-corrected chi connectivity index (χ1v) is 8.19. The molecule has 3 heteroatoms. The fraction of sp³-hybridized carbons (Fsp3) is 0.611. The van der Waals surface area contributed by atoms with Gasteiger partial charge in [0, 0.05) is 12.6 Å². The van der Waals surface area contributed by atoms with Crippen molar-refractivity contribution in [3.8, 4) is 0 Å². The maximum atomic E-state index is 11.7. The number of carboxylic acid groups (broad SMARTS) is 1. The molecule has 2 unspecified atom stereocenters. The van der Waals surface area contributed by atoms with Crippen LogP contribution in [0.1, 0.15) is 43.7 Å². The molecule has 1 heterocycles. The second-order valence-corrected chi connectivity index (χ2v) is 6.72. The fourth-order valence-corrected chi connectivity index (χ4v) is 4.17. The van der Waals surface area contributed by atoms with E-state index in [1.807, 2.05) is 0 Å². The number of fused-ring (bicyclic) bond motifs is 1. The molecule has 3 rings (SSSR count). The molecule has 0 aromatic heterocycles. The summed E-state index contributed by atoms with van der Waals surface area (Å²) < 4.78 is 0. The number of nitrogens with zero attached hydrogens (tertiary/aromatic N) is 1. The Hall–Kier alpha value is -1.35. The molecule has 1 fully saturated rings. The van der Waals surface area contributed by atoms with Crippen LogP contribution in [-0.2, 0) is 17.6 Å². The first kappa shape index (κ1) is 14.6. The number of likely N-dealkylation sites (tertiary alicyclic amines) is 1. The molecular formula is C18H25NO2. The van der Waals surface area contributed by atoms with Gasteiger partial charge in [0.1, 0.15) is 0 Å². The highest BCUT2D eigenvalue weighted by Crippen LogP contribution is 2.38. The highest BCUT2D eigenvalue weighted by atomic mass is 16.4. The molecule has 0 bridgehead atoms. The lowest BCUT2D eigenvalue weighted by Gasteiger charge is -2.33. The third-order valence-corrected chi connectivity index (χ3v) is 5.40. The summed E-state index contributed by atoms with van der Waals surface area (Å²) in [6.45, 7) is 3.77. The minimum absolute atomic E-state index is 0.494. The minimum Gasteiger partial charge on any atom is -0.481 e. The smallest absolute Gasteiger partial charge is 0.310 e. The Balaban J connectivity index is 1.71. The molecule has 2 aliphatic rings. The van der Waals surface area contributed by atoms with E-state index in [0.29, 0.717) is 6.04 Å². The van der Waals surface area contributed by atoms with Gasteiger partial charge < -0.3 is 5.11 Å². The Kier molecular flexibility index (Phi) is 4.03. The summed E-state index contributed by atoms with van der Waals surface area (Å²) in [5, 5.41) is 9.64. The van der Waals surface area contributed by atoms with Crippen LogP contribution < -0.4 is 0 Å². The van der Waals surface area contributed by atoms with E-state index < -0.39 is 11.4 Å². The first-order valence-electron chi connectivity index (χ1n) is 8.19. The number of aryl methyl sites for hydroxylation is 1. The zero-order valence-corrected chi connectivity index (χ0v) is 12.8. The minimum atomic E-state index is -0.594. The number of aliphatic carboxylic acids is 1. The van der Waals surface area contributed by atoms with Crippen LogP contribution in [0.15, 0.2) is 24.3 Å². The Labute approximate surface area is 127 Å². The van der Waals surface area contributed by atoms with Gasteiger partial charge >= 0.3 is 5.97 Å². The summed E-state index contributed by atoms with van der Waals surface area (Å²) in [6, 6.07) is 9.22. The molecule has 0 radical (unpaired) electrons. The van der Waals surface area contributed by atoms with E-state index in [1.165, 1.54) is 17.5 Å². The van der Waals surface area contributed by atoms with E-state index in [4.69, 9.17) is 0 Å². The molecule has 1 aromatic carbocycles. The Morgan fingerprint density at radius 2 is 2.14 bits per heavy atom. The van der Waals surface area contributed by atoms with Crippen molar-refractivity contribution >= 4 is 5.97 Å². The van der Waals surface area contributed by atoms with Crippen molar-refractivity contribution in [1.82, 2.24) is 4.90 Å². The molecule has 0 amide bonds. The van der Waals surface area contributed by atoms with Crippen LogP contribution in [0.3, 0.4) is 0 Å². The highest BCUT2D eigenvalue weighted by molar-refractivity contribution is 5.75. The predicted molar refractivity (Wildman–Crippen MR) is 83.4 cm³/mol. The van der Waals surface area contributed by atoms with Crippen molar-refractivity contribution < 1.29 is 9.90 Å². The number of rotatable bonds is 4. The van der Waals surface area contributed by atoms with Crippen LogP contribution >= 0.6 is 0 Å². The first-order chi connectivity index (χ1) is 10.1. The molecular weight excluding hydrogens is 262 g/mol. The molecule has 1 N–H and O–H groups in total. The van der Waals surface area contributed by atoms with Crippen LogP contribution in [0.5, 0.6) is 0 Å². The van der Waals surface area contributed by atoms with Crippen molar-refractivity contribution in [2.45, 2.75) is 51.5 Å². The van der Waals surface area contributed by atoms with Crippen molar-refractivity contribution in [3.05, 3.63) is 35.4 Å². The van der Waals surface area contributed by atoms with Gasteiger partial charge in [0.15, 0.2) is 0 Å². The number of carboxylic acids is 1. The summed E-state index contributed by atoms with van der Waals surface area (Å²) in [4.78, 5) is 14.2. The van der Waals surface area contributed by atoms with E-state index in [2.05, 4.69) is 36.1 Å². The lowest BCUT2D eigenvalue weighted by Crippen LogP contribution is -2.41. The van der Waals surface area contributed by atoms with E-state index in [0.717, 1.165) is 45.2 Å². The van der Waals surface area contributed by atoms with Crippen LogP contribution in [0.2, 0.25) is 0 Å². The summed E-state index contributed by atoms with van der Waals surface area (Å²) >= 11 is 0.